The summed E-state index contributed by atoms with van der Waals surface area (Å²) < 4.78 is 64.9. The molecule has 0 radical (unpaired) electrons. The van der Waals surface area contributed by atoms with Crippen LogP contribution in [-0.4, -0.2) is 21.6 Å². The van der Waals surface area contributed by atoms with Crippen molar-refractivity contribution in [3.05, 3.63) is 95.8 Å². The number of hydrogen-bond acceptors (Lipinski definition) is 3. The highest BCUT2D eigenvalue weighted by molar-refractivity contribution is 5.97. The molecule has 0 bridgehead atoms. The highest BCUT2D eigenvalue weighted by Crippen LogP contribution is 2.49. The Balaban J connectivity index is 1.88. The molecule has 4 aromatic rings. The zero-order chi connectivity index (χ0) is 20.9. The van der Waals surface area contributed by atoms with Gasteiger partial charge in [0.25, 0.3) is 0 Å². The fraction of sp³-hybridized carbons (Fsp3) is 0.0909. The minimum atomic E-state index is -4.89. The predicted molar refractivity (Wildman–Crippen MR) is 103 cm³/mol. The van der Waals surface area contributed by atoms with Crippen molar-refractivity contribution in [3.63, 3.8) is 0 Å². The van der Waals surface area contributed by atoms with Gasteiger partial charge in [0, 0.05) is 11.1 Å². The summed E-state index contributed by atoms with van der Waals surface area (Å²) in [5.74, 6) is -1.16. The number of fused-ring (bicyclic) bond motifs is 3. The first-order chi connectivity index (χ1) is 14.4. The lowest BCUT2D eigenvalue weighted by Crippen LogP contribution is -2.53. The van der Waals surface area contributed by atoms with Gasteiger partial charge in [-0.3, -0.25) is 4.57 Å². The summed E-state index contributed by atoms with van der Waals surface area (Å²) in [6.07, 6.45) is -4.89. The third-order valence-corrected chi connectivity index (χ3v) is 4.92. The number of aliphatic imine (C=N–C) groups is 1. The van der Waals surface area contributed by atoms with E-state index in [4.69, 9.17) is 4.74 Å². The Morgan fingerprint density at radius 1 is 0.867 bits per heavy atom. The molecule has 0 spiro atoms. The maximum Gasteiger partial charge on any atom is 0.454 e. The average Bonchev–Trinajstić information content (AvgIpc) is 3.11. The zero-order valence-electron chi connectivity index (χ0n) is 15.3. The SMILES string of the molecule is Fc1cccc(C2=Nc3nc4ccccc4n3[C@](c3ccccc3)(C(F)(F)F)O2)c1. The summed E-state index contributed by atoms with van der Waals surface area (Å²) in [5, 5.41) is 0. The molecule has 2 heterocycles. The Morgan fingerprint density at radius 2 is 1.60 bits per heavy atom. The molecule has 3 aromatic carbocycles. The van der Waals surface area contributed by atoms with Gasteiger partial charge in [0.15, 0.2) is 0 Å². The average molecular weight is 411 g/mol. The van der Waals surface area contributed by atoms with Crippen LogP contribution in [0.5, 0.6) is 0 Å². The molecule has 4 nitrogen and oxygen atoms in total. The molecule has 1 aliphatic rings. The Morgan fingerprint density at radius 3 is 2.33 bits per heavy atom. The van der Waals surface area contributed by atoms with Gasteiger partial charge in [-0.2, -0.15) is 18.2 Å². The van der Waals surface area contributed by atoms with E-state index in [1.54, 1.807) is 24.3 Å². The van der Waals surface area contributed by atoms with Crippen molar-refractivity contribution in [2.45, 2.75) is 11.9 Å². The van der Waals surface area contributed by atoms with E-state index in [1.807, 2.05) is 0 Å². The second kappa shape index (κ2) is 6.41. The number of halogens is 4. The summed E-state index contributed by atoms with van der Waals surface area (Å²) in [6.45, 7) is 0. The van der Waals surface area contributed by atoms with Crippen molar-refractivity contribution in [1.29, 1.82) is 0 Å². The van der Waals surface area contributed by atoms with Crippen LogP contribution in [0.3, 0.4) is 0 Å². The van der Waals surface area contributed by atoms with Crippen LogP contribution in [-0.2, 0) is 10.5 Å². The topological polar surface area (TPSA) is 39.4 Å². The molecule has 8 heteroatoms. The van der Waals surface area contributed by atoms with Crippen molar-refractivity contribution < 1.29 is 22.3 Å². The van der Waals surface area contributed by atoms with Gasteiger partial charge >= 0.3 is 11.9 Å². The van der Waals surface area contributed by atoms with Crippen LogP contribution in [0.25, 0.3) is 11.0 Å². The third-order valence-electron chi connectivity index (χ3n) is 4.92. The maximum absolute atomic E-state index is 14.8. The molecule has 1 atom stereocenters. The molecule has 0 amide bonds. The molecule has 5 rings (SSSR count). The molecule has 0 saturated heterocycles. The van der Waals surface area contributed by atoms with Crippen LogP contribution in [0.1, 0.15) is 11.1 Å². The van der Waals surface area contributed by atoms with Gasteiger partial charge in [0.2, 0.25) is 11.8 Å². The summed E-state index contributed by atoms with van der Waals surface area (Å²) in [4.78, 5) is 8.50. The van der Waals surface area contributed by atoms with E-state index >= 15 is 0 Å². The number of para-hydroxylation sites is 2. The molecule has 0 saturated carbocycles. The van der Waals surface area contributed by atoms with Crippen molar-refractivity contribution >= 4 is 22.9 Å². The lowest BCUT2D eigenvalue weighted by atomic mass is 10.00. The number of imidazole rings is 1. The Labute approximate surface area is 168 Å². The molecule has 0 unspecified atom stereocenters. The third kappa shape index (κ3) is 2.60. The van der Waals surface area contributed by atoms with Crippen LogP contribution in [0.15, 0.2) is 83.9 Å². The van der Waals surface area contributed by atoms with Crippen LogP contribution < -0.4 is 0 Å². The largest absolute Gasteiger partial charge is 0.454 e. The Bertz CT molecular complexity index is 1280. The van der Waals surface area contributed by atoms with Crippen LogP contribution in [0, 0.1) is 5.82 Å². The molecule has 150 valence electrons. The molecule has 0 N–H and O–H groups in total. The molecule has 0 aliphatic carbocycles. The van der Waals surface area contributed by atoms with E-state index in [2.05, 4.69) is 9.98 Å². The Hall–Kier alpha value is -3.68. The van der Waals surface area contributed by atoms with Crippen LogP contribution >= 0.6 is 0 Å². The lowest BCUT2D eigenvalue weighted by molar-refractivity contribution is -0.271. The summed E-state index contributed by atoms with van der Waals surface area (Å²) in [5.41, 5.74) is -2.44. The number of hydrogen-bond donors (Lipinski definition) is 0. The van der Waals surface area contributed by atoms with Crippen LogP contribution in [0.2, 0.25) is 0 Å². The molecule has 30 heavy (non-hydrogen) atoms. The van der Waals surface area contributed by atoms with Gasteiger partial charge in [-0.25, -0.2) is 9.37 Å². The van der Waals surface area contributed by atoms with Crippen molar-refractivity contribution in [2.75, 3.05) is 0 Å². The molecular formula is C22H13F4N3O. The molecule has 1 aromatic heterocycles. The van der Waals surface area contributed by atoms with Gasteiger partial charge in [0.05, 0.1) is 11.0 Å². The summed E-state index contributed by atoms with van der Waals surface area (Å²) in [7, 11) is 0. The van der Waals surface area contributed by atoms with Gasteiger partial charge in [-0.15, -0.1) is 0 Å². The van der Waals surface area contributed by atoms with Crippen LogP contribution in [0.4, 0.5) is 23.5 Å². The predicted octanol–water partition coefficient (Wildman–Crippen LogP) is 5.55. The zero-order valence-corrected chi connectivity index (χ0v) is 15.3. The number of benzene rings is 3. The van der Waals surface area contributed by atoms with Gasteiger partial charge in [-0.1, -0.05) is 48.5 Å². The van der Waals surface area contributed by atoms with Crippen molar-refractivity contribution in [3.8, 4) is 0 Å². The number of nitrogens with zero attached hydrogens (tertiary/aromatic N) is 3. The van der Waals surface area contributed by atoms with E-state index in [0.717, 1.165) is 10.6 Å². The molecular weight excluding hydrogens is 398 g/mol. The smallest absolute Gasteiger partial charge is 0.436 e. The number of aromatic nitrogens is 2. The Kier molecular flexibility index (Phi) is 3.92. The number of rotatable bonds is 2. The standard InChI is InChI=1S/C22H13F4N3O/c23-16-10-6-7-14(13-16)19-28-20-27-17-11-4-5-12-18(17)29(20)21(30-19,22(24,25)26)15-8-2-1-3-9-15/h1-13H/t21-/m0/s1. The normalized spacial score (nSPS) is 18.6. The second-order valence-electron chi connectivity index (χ2n) is 6.77. The van der Waals surface area contributed by atoms with Crippen molar-refractivity contribution in [1.82, 2.24) is 9.55 Å². The van der Waals surface area contributed by atoms with E-state index in [-0.39, 0.29) is 28.5 Å². The minimum Gasteiger partial charge on any atom is -0.436 e. The first-order valence-corrected chi connectivity index (χ1v) is 9.04. The fourth-order valence-corrected chi connectivity index (χ4v) is 3.64. The monoisotopic (exact) mass is 411 g/mol. The number of ether oxygens (including phenoxy) is 1. The summed E-state index contributed by atoms with van der Waals surface area (Å²) in [6, 6.07) is 18.8. The minimum absolute atomic E-state index is 0.0814. The van der Waals surface area contributed by atoms with Gasteiger partial charge in [0.1, 0.15) is 5.82 Å². The second-order valence-corrected chi connectivity index (χ2v) is 6.77. The van der Waals surface area contributed by atoms with Gasteiger partial charge < -0.3 is 4.74 Å². The maximum atomic E-state index is 14.8. The fourth-order valence-electron chi connectivity index (χ4n) is 3.64. The van der Waals surface area contributed by atoms with E-state index in [9.17, 15) is 17.6 Å². The van der Waals surface area contributed by atoms with E-state index in [1.165, 1.54) is 48.5 Å². The summed E-state index contributed by atoms with van der Waals surface area (Å²) >= 11 is 0. The molecule has 0 fully saturated rings. The quantitative estimate of drug-likeness (QED) is 0.406. The van der Waals surface area contributed by atoms with E-state index < -0.39 is 17.7 Å². The highest BCUT2D eigenvalue weighted by Gasteiger charge is 2.63. The number of alkyl halides is 3. The molecule has 1 aliphatic heterocycles. The first-order valence-electron chi connectivity index (χ1n) is 9.04. The van der Waals surface area contributed by atoms with E-state index in [0.29, 0.717) is 5.52 Å². The van der Waals surface area contributed by atoms with Gasteiger partial charge in [-0.05, 0) is 30.3 Å². The first kappa shape index (κ1) is 18.4. The lowest BCUT2D eigenvalue weighted by Gasteiger charge is -2.40. The highest BCUT2D eigenvalue weighted by atomic mass is 19.4. The van der Waals surface area contributed by atoms with Crippen molar-refractivity contribution in [2.24, 2.45) is 4.99 Å².